The normalized spacial score (nSPS) is 11.1. The first-order chi connectivity index (χ1) is 9.41. The van der Waals surface area contributed by atoms with Crippen LogP contribution in [0.15, 0.2) is 0 Å². The third kappa shape index (κ3) is 17.9. The molecule has 0 aliphatic rings. The summed E-state index contributed by atoms with van der Waals surface area (Å²) in [6, 6.07) is 0. The maximum absolute atomic E-state index is 5.48. The lowest BCUT2D eigenvalue weighted by atomic mass is 10.1. The van der Waals surface area contributed by atoms with Crippen molar-refractivity contribution in [2.24, 2.45) is 11.5 Å². The molecule has 4 N–H and O–H groups in total. The van der Waals surface area contributed by atoms with Crippen molar-refractivity contribution in [1.82, 2.24) is 0 Å². The van der Waals surface area contributed by atoms with E-state index in [1.165, 1.54) is 70.6 Å². The van der Waals surface area contributed by atoms with Crippen molar-refractivity contribution in [3.63, 3.8) is 0 Å². The lowest BCUT2D eigenvalue weighted by Crippen LogP contribution is -2.04. The molecule has 3 heteroatoms. The van der Waals surface area contributed by atoms with E-state index in [-0.39, 0.29) is 0 Å². The summed E-state index contributed by atoms with van der Waals surface area (Å²) < 4.78 is 5.48. The molecule has 0 aliphatic carbocycles. The Bertz CT molecular complexity index is 138. The van der Waals surface area contributed by atoms with Crippen molar-refractivity contribution < 1.29 is 4.74 Å². The highest BCUT2D eigenvalue weighted by atomic mass is 16.5. The summed E-state index contributed by atoms with van der Waals surface area (Å²) >= 11 is 0. The smallest absolute Gasteiger partial charge is 0.0478 e. The maximum atomic E-state index is 5.48. The molecule has 0 saturated carbocycles. The van der Waals surface area contributed by atoms with Gasteiger partial charge in [0, 0.05) is 13.2 Å². The number of unbranched alkanes of at least 4 members (excludes halogenated alkanes) is 10. The van der Waals surface area contributed by atoms with Crippen LogP contribution in [0.3, 0.4) is 0 Å². The van der Waals surface area contributed by atoms with Crippen molar-refractivity contribution in [3.8, 4) is 0 Å². The largest absolute Gasteiger partial charge is 0.381 e. The molecular weight excluding hydrogens is 236 g/mol. The van der Waals surface area contributed by atoms with E-state index in [0.29, 0.717) is 0 Å². The van der Waals surface area contributed by atoms with Gasteiger partial charge in [-0.25, -0.2) is 0 Å². The van der Waals surface area contributed by atoms with E-state index in [0.717, 1.165) is 32.7 Å². The van der Waals surface area contributed by atoms with Gasteiger partial charge < -0.3 is 16.2 Å². The molecule has 0 aromatic carbocycles. The van der Waals surface area contributed by atoms with E-state index in [9.17, 15) is 0 Å². The van der Waals surface area contributed by atoms with Crippen molar-refractivity contribution >= 4 is 0 Å². The fraction of sp³-hybridized carbons (Fsp3) is 1.00. The van der Waals surface area contributed by atoms with E-state index in [2.05, 4.69) is 0 Å². The van der Waals surface area contributed by atoms with Crippen LogP contribution in [0, 0.1) is 0 Å². The molecule has 0 rings (SSSR count). The summed E-state index contributed by atoms with van der Waals surface area (Å²) in [5.41, 5.74) is 10.9. The molecular formula is C16H36N2O. The highest BCUT2D eigenvalue weighted by molar-refractivity contribution is 4.49. The van der Waals surface area contributed by atoms with Crippen molar-refractivity contribution in [3.05, 3.63) is 0 Å². The lowest BCUT2D eigenvalue weighted by Gasteiger charge is -2.04. The summed E-state index contributed by atoms with van der Waals surface area (Å²) in [6.45, 7) is 3.35. The summed E-state index contributed by atoms with van der Waals surface area (Å²) in [4.78, 5) is 0. The van der Waals surface area contributed by atoms with Crippen molar-refractivity contribution in [2.75, 3.05) is 26.3 Å². The molecule has 19 heavy (non-hydrogen) atoms. The fourth-order valence-electron chi connectivity index (χ4n) is 2.23. The topological polar surface area (TPSA) is 61.3 Å². The highest BCUT2D eigenvalue weighted by Gasteiger charge is 1.93. The minimum Gasteiger partial charge on any atom is -0.381 e. The van der Waals surface area contributed by atoms with Gasteiger partial charge in [-0.15, -0.1) is 0 Å². The van der Waals surface area contributed by atoms with Crippen LogP contribution in [-0.2, 0) is 4.74 Å². The van der Waals surface area contributed by atoms with Crippen LogP contribution in [0.4, 0.5) is 0 Å². The van der Waals surface area contributed by atoms with Gasteiger partial charge in [0.15, 0.2) is 0 Å². The minimum absolute atomic E-state index is 0.742. The Morgan fingerprint density at radius 1 is 0.421 bits per heavy atom. The molecule has 0 spiro atoms. The number of hydrogen-bond acceptors (Lipinski definition) is 3. The third-order valence-electron chi connectivity index (χ3n) is 3.49. The lowest BCUT2D eigenvalue weighted by molar-refractivity contribution is 0.129. The zero-order valence-electron chi connectivity index (χ0n) is 12.9. The average Bonchev–Trinajstić information content (AvgIpc) is 2.43. The van der Waals surface area contributed by atoms with Crippen molar-refractivity contribution in [2.45, 2.75) is 77.0 Å². The first-order valence-corrected chi connectivity index (χ1v) is 8.39. The van der Waals surface area contributed by atoms with Gasteiger partial charge in [0.2, 0.25) is 0 Å². The number of rotatable bonds is 16. The Morgan fingerprint density at radius 3 is 1.26 bits per heavy atom. The molecule has 116 valence electrons. The number of nitrogens with two attached hydrogens (primary N) is 2. The quantitative estimate of drug-likeness (QED) is 0.422. The van der Waals surface area contributed by atoms with Gasteiger partial charge in [0.25, 0.3) is 0 Å². The maximum Gasteiger partial charge on any atom is 0.0478 e. The van der Waals surface area contributed by atoms with Gasteiger partial charge in [-0.05, 0) is 32.4 Å². The highest BCUT2D eigenvalue weighted by Crippen LogP contribution is 2.11. The first-order valence-electron chi connectivity index (χ1n) is 8.39. The summed E-state index contributed by atoms with van der Waals surface area (Å²) in [5.74, 6) is 0. The summed E-state index contributed by atoms with van der Waals surface area (Å²) in [6.07, 6.45) is 15.8. The molecule has 0 atom stereocenters. The molecule has 0 unspecified atom stereocenters. The monoisotopic (exact) mass is 272 g/mol. The predicted octanol–water partition coefficient (Wildman–Crippen LogP) is 3.60. The van der Waals surface area contributed by atoms with E-state index >= 15 is 0 Å². The zero-order chi connectivity index (χ0) is 14.0. The second-order valence-corrected chi connectivity index (χ2v) is 5.43. The van der Waals surface area contributed by atoms with Crippen LogP contribution < -0.4 is 11.5 Å². The fourth-order valence-corrected chi connectivity index (χ4v) is 2.23. The Kier molecular flexibility index (Phi) is 17.8. The van der Waals surface area contributed by atoms with Crippen LogP contribution >= 0.6 is 0 Å². The molecule has 0 fully saturated rings. The Hall–Kier alpha value is -0.120. The zero-order valence-corrected chi connectivity index (χ0v) is 12.9. The molecule has 0 aromatic heterocycles. The van der Waals surface area contributed by atoms with E-state index in [4.69, 9.17) is 16.2 Å². The molecule has 0 amide bonds. The third-order valence-corrected chi connectivity index (χ3v) is 3.49. The average molecular weight is 272 g/mol. The molecule has 0 radical (unpaired) electrons. The number of ether oxygens (including phenoxy) is 1. The van der Waals surface area contributed by atoms with Gasteiger partial charge in [0.05, 0.1) is 0 Å². The van der Waals surface area contributed by atoms with Crippen LogP contribution in [0.25, 0.3) is 0 Å². The van der Waals surface area contributed by atoms with E-state index in [1.54, 1.807) is 0 Å². The second kappa shape index (κ2) is 17.9. The molecule has 0 aliphatic heterocycles. The Morgan fingerprint density at radius 2 is 0.789 bits per heavy atom. The standard InChI is InChI=1S/C16H36N2O/c17-13-10-8-6-4-2-1-3-5-7-9-11-15-19-16-12-14-18/h1-18H2. The molecule has 0 bridgehead atoms. The van der Waals surface area contributed by atoms with Crippen LogP contribution in [0.5, 0.6) is 0 Å². The van der Waals surface area contributed by atoms with Gasteiger partial charge >= 0.3 is 0 Å². The minimum atomic E-state index is 0.742. The number of hydrogen-bond donors (Lipinski definition) is 2. The predicted molar refractivity (Wildman–Crippen MR) is 84.3 cm³/mol. The first kappa shape index (κ1) is 18.9. The van der Waals surface area contributed by atoms with Gasteiger partial charge in [-0.2, -0.15) is 0 Å². The van der Waals surface area contributed by atoms with E-state index < -0.39 is 0 Å². The molecule has 3 nitrogen and oxygen atoms in total. The Balaban J connectivity index is 2.88. The molecule has 0 saturated heterocycles. The summed E-state index contributed by atoms with van der Waals surface area (Å²) in [5, 5.41) is 0. The van der Waals surface area contributed by atoms with Gasteiger partial charge in [0.1, 0.15) is 0 Å². The molecule has 0 heterocycles. The Labute approximate surface area is 120 Å². The molecule has 0 aromatic rings. The summed E-state index contributed by atoms with van der Waals surface area (Å²) in [7, 11) is 0. The van der Waals surface area contributed by atoms with Gasteiger partial charge in [-0.1, -0.05) is 57.8 Å². The van der Waals surface area contributed by atoms with Crippen LogP contribution in [-0.4, -0.2) is 26.3 Å². The van der Waals surface area contributed by atoms with E-state index in [1.807, 2.05) is 0 Å². The second-order valence-electron chi connectivity index (χ2n) is 5.43. The van der Waals surface area contributed by atoms with Crippen LogP contribution in [0.1, 0.15) is 77.0 Å². The van der Waals surface area contributed by atoms with Crippen molar-refractivity contribution in [1.29, 1.82) is 0 Å². The SMILES string of the molecule is NCCCCCCCCCCCCCOCCCN. The van der Waals surface area contributed by atoms with Gasteiger partial charge in [-0.3, -0.25) is 0 Å². The van der Waals surface area contributed by atoms with Crippen LogP contribution in [0.2, 0.25) is 0 Å².